The number of ether oxygens (including phenoxy) is 2. The van der Waals surface area contributed by atoms with E-state index >= 15 is 0 Å². The second-order valence-electron chi connectivity index (χ2n) is 9.23. The van der Waals surface area contributed by atoms with Gasteiger partial charge < -0.3 is 30.3 Å². The van der Waals surface area contributed by atoms with Crippen LogP contribution in [0.15, 0.2) is 41.6 Å². The number of hydrogen-bond acceptors (Lipinski definition) is 9. The highest BCUT2D eigenvalue weighted by molar-refractivity contribution is 6.02. The van der Waals surface area contributed by atoms with E-state index in [2.05, 4.69) is 25.4 Å². The number of nitrogens with two attached hydrogens (primary N) is 1. The number of nitrogen functional groups attached to an aromatic ring is 1. The average molecular weight is 538 g/mol. The number of carbonyl (C=O) groups is 1. The SMILES string of the molecule is COCCC(ON=C1NC(c2ccc(F)cc2-c2cccc(OC)n2)Cc2nc(N)nc(C)c21)C(=O)N(C)C. The van der Waals surface area contributed by atoms with Gasteiger partial charge in [-0.15, -0.1) is 0 Å². The minimum atomic E-state index is -0.865. The van der Waals surface area contributed by atoms with Gasteiger partial charge in [0.15, 0.2) is 5.84 Å². The number of halogens is 1. The number of oxime groups is 1. The molecule has 0 aliphatic carbocycles. The molecule has 3 N–H and O–H groups in total. The molecule has 2 atom stereocenters. The van der Waals surface area contributed by atoms with Crippen LogP contribution in [-0.2, 0) is 20.8 Å². The molecule has 2 unspecified atom stereocenters. The third kappa shape index (κ3) is 6.23. The Morgan fingerprint density at radius 3 is 2.74 bits per heavy atom. The number of amides is 1. The highest BCUT2D eigenvalue weighted by atomic mass is 19.1. The molecule has 1 aromatic carbocycles. The van der Waals surface area contributed by atoms with Crippen LogP contribution in [0.4, 0.5) is 10.3 Å². The van der Waals surface area contributed by atoms with Crippen LogP contribution in [0.2, 0.25) is 0 Å². The number of nitrogens with one attached hydrogen (secondary N) is 1. The number of anilines is 1. The fourth-order valence-electron chi connectivity index (χ4n) is 4.44. The fourth-order valence-corrected chi connectivity index (χ4v) is 4.44. The van der Waals surface area contributed by atoms with Gasteiger partial charge in [-0.05, 0) is 30.7 Å². The maximum atomic E-state index is 14.4. The number of hydrogen-bond donors (Lipinski definition) is 2. The van der Waals surface area contributed by atoms with Gasteiger partial charge in [0.2, 0.25) is 17.9 Å². The van der Waals surface area contributed by atoms with E-state index in [1.807, 2.05) is 0 Å². The number of rotatable bonds is 9. The Morgan fingerprint density at radius 2 is 2.03 bits per heavy atom. The van der Waals surface area contributed by atoms with Gasteiger partial charge in [0.25, 0.3) is 5.91 Å². The molecule has 1 aliphatic heterocycles. The van der Waals surface area contributed by atoms with E-state index in [1.165, 1.54) is 24.1 Å². The number of carbonyl (C=O) groups excluding carboxylic acids is 1. The zero-order valence-corrected chi connectivity index (χ0v) is 22.6. The third-order valence-corrected chi connectivity index (χ3v) is 6.30. The van der Waals surface area contributed by atoms with Crippen LogP contribution in [0.3, 0.4) is 0 Å². The monoisotopic (exact) mass is 537 g/mol. The maximum absolute atomic E-state index is 14.4. The molecule has 0 fully saturated rings. The lowest BCUT2D eigenvalue weighted by atomic mass is 9.90. The zero-order chi connectivity index (χ0) is 28.1. The fraction of sp³-hybridized carbons (Fsp3) is 0.370. The van der Waals surface area contributed by atoms with Crippen molar-refractivity contribution in [3.8, 4) is 17.1 Å². The van der Waals surface area contributed by atoms with Gasteiger partial charge in [-0.2, -0.15) is 0 Å². The molecule has 39 heavy (non-hydrogen) atoms. The van der Waals surface area contributed by atoms with Gasteiger partial charge in [0, 0.05) is 45.7 Å². The summed E-state index contributed by atoms with van der Waals surface area (Å²) in [6, 6.07) is 9.40. The molecule has 0 saturated heterocycles. The number of pyridine rings is 1. The Labute approximate surface area is 226 Å². The Hall–Kier alpha value is -4.32. The van der Waals surface area contributed by atoms with E-state index in [0.29, 0.717) is 59.4 Å². The minimum Gasteiger partial charge on any atom is -0.481 e. The molecule has 0 bridgehead atoms. The highest BCUT2D eigenvalue weighted by Crippen LogP contribution is 2.34. The van der Waals surface area contributed by atoms with Gasteiger partial charge in [0.05, 0.1) is 42.4 Å². The van der Waals surface area contributed by atoms with Crippen molar-refractivity contribution in [1.29, 1.82) is 0 Å². The van der Waals surface area contributed by atoms with Crippen molar-refractivity contribution in [1.82, 2.24) is 25.2 Å². The van der Waals surface area contributed by atoms with E-state index < -0.39 is 18.0 Å². The standard InChI is InChI=1S/C27H32FN7O4/c1-15-24-21(33-27(29)30-15)14-20(32-25(24)34-39-22(11-12-37-4)26(36)35(2)3)17-10-9-16(28)13-18(17)19-7-6-8-23(31-19)38-5/h6-10,13,20,22H,11-12,14H2,1-5H3,(H,32,34)(H2,29,30,33). The Morgan fingerprint density at radius 1 is 1.23 bits per heavy atom. The number of amidine groups is 1. The van der Waals surface area contributed by atoms with Gasteiger partial charge in [0.1, 0.15) is 5.82 Å². The molecule has 0 spiro atoms. The summed E-state index contributed by atoms with van der Waals surface area (Å²) in [6.07, 6.45) is -0.147. The normalized spacial score (nSPS) is 16.3. The van der Waals surface area contributed by atoms with Crippen molar-refractivity contribution >= 4 is 17.7 Å². The van der Waals surface area contributed by atoms with E-state index in [-0.39, 0.29) is 11.9 Å². The molecule has 1 aliphatic rings. The zero-order valence-electron chi connectivity index (χ0n) is 22.6. The molecular formula is C27H32FN7O4. The van der Waals surface area contributed by atoms with E-state index in [0.717, 1.165) is 5.56 Å². The van der Waals surface area contributed by atoms with Crippen molar-refractivity contribution < 1.29 is 23.5 Å². The summed E-state index contributed by atoms with van der Waals surface area (Å²) in [5.41, 5.74) is 9.74. The first kappa shape index (κ1) is 27.7. The molecule has 4 rings (SSSR count). The average Bonchev–Trinajstić information content (AvgIpc) is 2.92. The van der Waals surface area contributed by atoms with E-state index in [4.69, 9.17) is 20.0 Å². The van der Waals surface area contributed by atoms with Gasteiger partial charge in [-0.25, -0.2) is 19.3 Å². The quantitative estimate of drug-likeness (QED) is 0.395. The first-order chi connectivity index (χ1) is 18.7. The highest BCUT2D eigenvalue weighted by Gasteiger charge is 2.31. The number of benzene rings is 1. The molecule has 0 radical (unpaired) electrons. The largest absolute Gasteiger partial charge is 0.481 e. The van der Waals surface area contributed by atoms with Gasteiger partial charge >= 0.3 is 0 Å². The molecule has 12 heteroatoms. The Kier molecular flexibility index (Phi) is 8.55. The maximum Gasteiger partial charge on any atom is 0.266 e. The lowest BCUT2D eigenvalue weighted by molar-refractivity contribution is -0.142. The molecule has 2 aromatic heterocycles. The predicted octanol–water partition coefficient (Wildman–Crippen LogP) is 2.64. The molecular weight excluding hydrogens is 505 g/mol. The van der Waals surface area contributed by atoms with Crippen molar-refractivity contribution in [2.24, 2.45) is 5.16 Å². The van der Waals surface area contributed by atoms with Crippen LogP contribution in [0.25, 0.3) is 11.3 Å². The second kappa shape index (κ2) is 12.0. The summed E-state index contributed by atoms with van der Waals surface area (Å²) in [6.45, 7) is 2.11. The second-order valence-corrected chi connectivity index (χ2v) is 9.23. The van der Waals surface area contributed by atoms with Crippen LogP contribution in [-0.4, -0.2) is 72.6 Å². The van der Waals surface area contributed by atoms with Crippen molar-refractivity contribution in [3.63, 3.8) is 0 Å². The Bertz CT molecular complexity index is 1380. The van der Waals surface area contributed by atoms with E-state index in [9.17, 15) is 9.18 Å². The number of methoxy groups -OCH3 is 2. The van der Waals surface area contributed by atoms with Crippen molar-refractivity contribution in [2.45, 2.75) is 31.9 Å². The van der Waals surface area contributed by atoms with Crippen LogP contribution >= 0.6 is 0 Å². The first-order valence-electron chi connectivity index (χ1n) is 12.4. The first-order valence-corrected chi connectivity index (χ1v) is 12.4. The van der Waals surface area contributed by atoms with Crippen molar-refractivity contribution in [2.75, 3.05) is 40.7 Å². The molecule has 1 amide bonds. The van der Waals surface area contributed by atoms with E-state index in [1.54, 1.807) is 52.4 Å². The number of likely N-dealkylation sites (N-methyl/N-ethyl adjacent to an activating group) is 1. The Balaban J connectivity index is 1.78. The van der Waals surface area contributed by atoms with Crippen LogP contribution < -0.4 is 15.8 Å². The summed E-state index contributed by atoms with van der Waals surface area (Å²) in [7, 11) is 6.36. The van der Waals surface area contributed by atoms with Gasteiger partial charge in [-0.3, -0.25) is 4.79 Å². The predicted molar refractivity (Wildman–Crippen MR) is 144 cm³/mol. The summed E-state index contributed by atoms with van der Waals surface area (Å²) >= 11 is 0. The molecule has 206 valence electrons. The summed E-state index contributed by atoms with van der Waals surface area (Å²) in [5, 5.41) is 7.76. The van der Waals surface area contributed by atoms with Crippen LogP contribution in [0, 0.1) is 12.7 Å². The number of aromatic nitrogens is 3. The summed E-state index contributed by atoms with van der Waals surface area (Å²) in [5.74, 6) is 0.212. The lowest BCUT2D eigenvalue weighted by Crippen LogP contribution is -2.40. The number of aryl methyl sites for hydroxylation is 1. The summed E-state index contributed by atoms with van der Waals surface area (Å²) in [4.78, 5) is 33.2. The number of fused-ring (bicyclic) bond motifs is 1. The molecule has 3 heterocycles. The molecule has 3 aromatic rings. The van der Waals surface area contributed by atoms with Crippen molar-refractivity contribution in [3.05, 3.63) is 64.7 Å². The topological polar surface area (TPSA) is 137 Å². The lowest BCUT2D eigenvalue weighted by Gasteiger charge is -2.30. The third-order valence-electron chi connectivity index (χ3n) is 6.30. The van der Waals surface area contributed by atoms with Gasteiger partial charge in [-0.1, -0.05) is 17.3 Å². The smallest absolute Gasteiger partial charge is 0.266 e. The minimum absolute atomic E-state index is 0.127. The van der Waals surface area contributed by atoms with Crippen LogP contribution in [0.5, 0.6) is 5.88 Å². The summed E-state index contributed by atoms with van der Waals surface area (Å²) < 4.78 is 24.9. The molecule has 0 saturated carbocycles. The molecule has 11 nitrogen and oxygen atoms in total. The number of nitrogens with zero attached hydrogens (tertiary/aromatic N) is 5. The van der Waals surface area contributed by atoms with Crippen LogP contribution in [0.1, 0.15) is 35.0 Å².